The van der Waals surface area contributed by atoms with E-state index in [0.29, 0.717) is 11.8 Å². The number of nitrogens with two attached hydrogens (primary N) is 1. The van der Waals surface area contributed by atoms with E-state index < -0.39 is 5.54 Å². The fourth-order valence-electron chi connectivity index (χ4n) is 2.71. The maximum Gasteiger partial charge on any atom is 0.246 e. The van der Waals surface area contributed by atoms with E-state index in [2.05, 4.69) is 15.9 Å². The second-order valence-corrected chi connectivity index (χ2v) is 7.72. The zero-order valence-corrected chi connectivity index (χ0v) is 15.3. The molecule has 0 aliphatic heterocycles. The lowest BCUT2D eigenvalue weighted by atomic mass is 9.91. The van der Waals surface area contributed by atoms with Crippen molar-refractivity contribution in [2.75, 3.05) is 13.1 Å². The van der Waals surface area contributed by atoms with Crippen LogP contribution in [0.5, 0.6) is 0 Å². The van der Waals surface area contributed by atoms with Crippen molar-refractivity contribution in [2.45, 2.75) is 38.1 Å². The van der Waals surface area contributed by atoms with Gasteiger partial charge in [-0.05, 0) is 62.1 Å². The topological polar surface area (TPSA) is 46.3 Å². The molecule has 0 radical (unpaired) electrons. The van der Waals surface area contributed by atoms with Gasteiger partial charge in [-0.1, -0.05) is 28.1 Å². The van der Waals surface area contributed by atoms with Crippen molar-refractivity contribution >= 4 is 34.2 Å². The van der Waals surface area contributed by atoms with E-state index in [0.717, 1.165) is 23.1 Å². The van der Waals surface area contributed by atoms with Crippen molar-refractivity contribution in [1.29, 1.82) is 0 Å². The van der Waals surface area contributed by atoms with Crippen LogP contribution in [0.15, 0.2) is 28.7 Å². The molecule has 1 unspecified atom stereocenters. The van der Waals surface area contributed by atoms with E-state index in [-0.39, 0.29) is 18.3 Å². The van der Waals surface area contributed by atoms with Crippen LogP contribution in [-0.4, -0.2) is 23.9 Å². The normalized spacial score (nSPS) is 20.0. The molecule has 0 heterocycles. The van der Waals surface area contributed by atoms with Crippen LogP contribution in [0, 0.1) is 11.8 Å². The van der Waals surface area contributed by atoms with E-state index in [1.165, 1.54) is 25.7 Å². The lowest BCUT2D eigenvalue weighted by Gasteiger charge is -2.32. The molecule has 122 valence electrons. The number of carbonyl (C=O) groups is 1. The average Bonchev–Trinajstić information content (AvgIpc) is 3.33. The zero-order chi connectivity index (χ0) is 15.0. The molecule has 2 aliphatic rings. The van der Waals surface area contributed by atoms with Gasteiger partial charge in [-0.2, -0.15) is 0 Å². The third-order valence-electron chi connectivity index (χ3n) is 4.53. The first-order chi connectivity index (χ1) is 9.96. The molecule has 1 amide bonds. The molecule has 2 saturated carbocycles. The summed E-state index contributed by atoms with van der Waals surface area (Å²) in [5.41, 5.74) is 6.36. The molecule has 2 fully saturated rings. The fourth-order valence-corrected chi connectivity index (χ4v) is 2.98. The van der Waals surface area contributed by atoms with Gasteiger partial charge < -0.3 is 10.6 Å². The van der Waals surface area contributed by atoms with Crippen LogP contribution in [-0.2, 0) is 10.3 Å². The molecule has 0 spiro atoms. The Morgan fingerprint density at radius 1 is 1.18 bits per heavy atom. The third-order valence-corrected chi connectivity index (χ3v) is 5.06. The van der Waals surface area contributed by atoms with Crippen molar-refractivity contribution in [3.8, 4) is 0 Å². The van der Waals surface area contributed by atoms with Crippen LogP contribution in [0.3, 0.4) is 0 Å². The minimum absolute atomic E-state index is 0. The Morgan fingerprint density at radius 3 is 2.05 bits per heavy atom. The van der Waals surface area contributed by atoms with Crippen molar-refractivity contribution in [2.24, 2.45) is 17.6 Å². The number of hydrogen-bond acceptors (Lipinski definition) is 2. The van der Waals surface area contributed by atoms with Crippen molar-refractivity contribution < 1.29 is 4.79 Å². The lowest BCUT2D eigenvalue weighted by molar-refractivity contribution is -0.137. The van der Waals surface area contributed by atoms with E-state index in [1.54, 1.807) is 0 Å². The summed E-state index contributed by atoms with van der Waals surface area (Å²) in [6.07, 6.45) is 5.03. The van der Waals surface area contributed by atoms with E-state index in [1.807, 2.05) is 36.1 Å². The van der Waals surface area contributed by atoms with Gasteiger partial charge in [0.1, 0.15) is 5.54 Å². The molecule has 1 aromatic rings. The standard InChI is InChI=1S/C17H23BrN2O.ClH/c1-17(19,14-6-8-15(18)9-7-14)16(21)20(10-12-2-3-12)11-13-4-5-13;/h6-9,12-13H,2-5,10-11,19H2,1H3;1H. The molecule has 0 saturated heterocycles. The Balaban J connectivity index is 0.00000176. The summed E-state index contributed by atoms with van der Waals surface area (Å²) in [5, 5.41) is 0. The van der Waals surface area contributed by atoms with Crippen molar-refractivity contribution in [3.05, 3.63) is 34.3 Å². The van der Waals surface area contributed by atoms with Gasteiger partial charge in [0.2, 0.25) is 5.91 Å². The number of benzene rings is 1. The van der Waals surface area contributed by atoms with Gasteiger partial charge in [-0.15, -0.1) is 12.4 Å². The molecule has 0 bridgehead atoms. The van der Waals surface area contributed by atoms with Gasteiger partial charge in [0, 0.05) is 17.6 Å². The van der Waals surface area contributed by atoms with Crippen molar-refractivity contribution in [1.82, 2.24) is 4.90 Å². The van der Waals surface area contributed by atoms with Gasteiger partial charge in [-0.25, -0.2) is 0 Å². The van der Waals surface area contributed by atoms with Gasteiger partial charge in [0.25, 0.3) is 0 Å². The number of nitrogens with zero attached hydrogens (tertiary/aromatic N) is 1. The molecular weight excluding hydrogens is 364 g/mol. The van der Waals surface area contributed by atoms with E-state index >= 15 is 0 Å². The number of carbonyl (C=O) groups excluding carboxylic acids is 1. The first-order valence-corrected chi connectivity index (χ1v) is 8.60. The Kier molecular flexibility index (Phi) is 5.57. The number of rotatable bonds is 6. The maximum absolute atomic E-state index is 13.0. The van der Waals surface area contributed by atoms with Crippen molar-refractivity contribution in [3.63, 3.8) is 0 Å². The summed E-state index contributed by atoms with van der Waals surface area (Å²) >= 11 is 3.42. The highest BCUT2D eigenvalue weighted by molar-refractivity contribution is 9.10. The van der Waals surface area contributed by atoms with Gasteiger partial charge in [0.05, 0.1) is 0 Å². The highest BCUT2D eigenvalue weighted by atomic mass is 79.9. The predicted molar refractivity (Wildman–Crippen MR) is 95.0 cm³/mol. The van der Waals surface area contributed by atoms with Crippen LogP contribution in [0.4, 0.5) is 0 Å². The molecular formula is C17H24BrClN2O. The highest BCUT2D eigenvalue weighted by Crippen LogP contribution is 2.35. The summed E-state index contributed by atoms with van der Waals surface area (Å²) in [7, 11) is 0. The van der Waals surface area contributed by atoms with E-state index in [4.69, 9.17) is 5.73 Å². The fraction of sp³-hybridized carbons (Fsp3) is 0.588. The van der Waals surface area contributed by atoms with Crippen LogP contribution in [0.2, 0.25) is 0 Å². The summed E-state index contributed by atoms with van der Waals surface area (Å²) < 4.78 is 1.00. The van der Waals surface area contributed by atoms with E-state index in [9.17, 15) is 4.79 Å². The van der Waals surface area contributed by atoms with Gasteiger partial charge in [-0.3, -0.25) is 4.79 Å². The lowest BCUT2D eigenvalue weighted by Crippen LogP contribution is -2.52. The highest BCUT2D eigenvalue weighted by Gasteiger charge is 2.39. The van der Waals surface area contributed by atoms with Crippen LogP contribution in [0.25, 0.3) is 0 Å². The maximum atomic E-state index is 13.0. The monoisotopic (exact) mass is 386 g/mol. The predicted octanol–water partition coefficient (Wildman–Crippen LogP) is 3.69. The van der Waals surface area contributed by atoms with Crippen LogP contribution >= 0.6 is 28.3 Å². The molecule has 2 N–H and O–H groups in total. The summed E-state index contributed by atoms with van der Waals surface area (Å²) in [6.45, 7) is 3.61. The largest absolute Gasteiger partial charge is 0.340 e. The number of amides is 1. The molecule has 2 aliphatic carbocycles. The minimum Gasteiger partial charge on any atom is -0.340 e. The summed E-state index contributed by atoms with van der Waals surface area (Å²) in [6, 6.07) is 7.77. The van der Waals surface area contributed by atoms with Gasteiger partial charge in [0.15, 0.2) is 0 Å². The Labute approximate surface area is 147 Å². The third kappa shape index (κ3) is 4.24. The second kappa shape index (κ2) is 6.90. The molecule has 0 aromatic heterocycles. The van der Waals surface area contributed by atoms with Crippen LogP contribution < -0.4 is 5.73 Å². The number of halogens is 2. The van der Waals surface area contributed by atoms with Gasteiger partial charge >= 0.3 is 0 Å². The Bertz CT molecular complexity index is 510. The number of hydrogen-bond donors (Lipinski definition) is 1. The first kappa shape index (κ1) is 17.8. The second-order valence-electron chi connectivity index (χ2n) is 6.81. The molecule has 3 nitrogen and oxygen atoms in total. The Morgan fingerprint density at radius 2 is 1.64 bits per heavy atom. The minimum atomic E-state index is -0.940. The molecule has 22 heavy (non-hydrogen) atoms. The quantitative estimate of drug-likeness (QED) is 0.809. The molecule has 1 aromatic carbocycles. The summed E-state index contributed by atoms with van der Waals surface area (Å²) in [5.74, 6) is 1.48. The Hall–Kier alpha value is -0.580. The first-order valence-electron chi connectivity index (χ1n) is 7.81. The molecule has 3 rings (SSSR count). The SMILES string of the molecule is CC(N)(C(=O)N(CC1CC1)CC1CC1)c1ccc(Br)cc1.Cl. The molecule has 5 heteroatoms. The summed E-state index contributed by atoms with van der Waals surface area (Å²) in [4.78, 5) is 15.0. The smallest absolute Gasteiger partial charge is 0.246 e. The zero-order valence-electron chi connectivity index (χ0n) is 12.9. The van der Waals surface area contributed by atoms with Crippen LogP contribution in [0.1, 0.15) is 38.2 Å². The average molecular weight is 388 g/mol. The molecule has 1 atom stereocenters.